The minimum Gasteiger partial charge on any atom is -0.487 e. The van der Waals surface area contributed by atoms with E-state index in [1.807, 2.05) is 6.92 Å². The zero-order valence-corrected chi connectivity index (χ0v) is 12.1. The van der Waals surface area contributed by atoms with Crippen LogP contribution in [0.4, 0.5) is 11.4 Å². The molecule has 0 radical (unpaired) electrons. The van der Waals surface area contributed by atoms with E-state index in [1.54, 1.807) is 18.2 Å². The molecule has 1 aromatic rings. The third kappa shape index (κ3) is 3.85. The predicted octanol–water partition coefficient (Wildman–Crippen LogP) is 3.98. The van der Waals surface area contributed by atoms with Crippen molar-refractivity contribution >= 4 is 11.4 Å². The van der Waals surface area contributed by atoms with Crippen LogP contribution in [0.1, 0.15) is 39.5 Å². The lowest BCUT2D eigenvalue weighted by Gasteiger charge is -2.16. The summed E-state index contributed by atoms with van der Waals surface area (Å²) in [5, 5.41) is 14.6. The van der Waals surface area contributed by atoms with Crippen LogP contribution in [-0.4, -0.2) is 17.6 Å². The highest BCUT2D eigenvalue weighted by atomic mass is 16.6. The molecule has 0 bridgehead atoms. The Morgan fingerprint density at radius 3 is 2.85 bits per heavy atom. The lowest BCUT2D eigenvalue weighted by Crippen LogP contribution is -2.17. The molecular formula is C15H22N2O3. The molecule has 0 saturated heterocycles. The van der Waals surface area contributed by atoms with E-state index < -0.39 is 0 Å². The van der Waals surface area contributed by atoms with Crippen molar-refractivity contribution in [3.8, 4) is 5.75 Å². The van der Waals surface area contributed by atoms with Crippen molar-refractivity contribution in [3.05, 3.63) is 28.3 Å². The second-order valence-electron chi connectivity index (χ2n) is 5.48. The van der Waals surface area contributed by atoms with Gasteiger partial charge >= 0.3 is 5.69 Å². The fraction of sp³-hybridized carbons (Fsp3) is 0.600. The molecule has 5 nitrogen and oxygen atoms in total. The van der Waals surface area contributed by atoms with Gasteiger partial charge in [0, 0.05) is 6.04 Å². The summed E-state index contributed by atoms with van der Waals surface area (Å²) < 4.78 is 5.48. The molecule has 0 spiro atoms. The summed E-state index contributed by atoms with van der Waals surface area (Å²) in [4.78, 5) is 10.9. The highest BCUT2D eigenvalue weighted by Crippen LogP contribution is 2.37. The number of anilines is 1. The number of hydrogen-bond acceptors (Lipinski definition) is 4. The van der Waals surface area contributed by atoms with E-state index >= 15 is 0 Å². The van der Waals surface area contributed by atoms with Gasteiger partial charge in [-0.15, -0.1) is 0 Å². The van der Waals surface area contributed by atoms with Crippen molar-refractivity contribution in [2.45, 2.75) is 45.6 Å². The minimum absolute atomic E-state index is 0.0450. The highest BCUT2D eigenvalue weighted by molar-refractivity contribution is 5.68. The first kappa shape index (κ1) is 14.6. The van der Waals surface area contributed by atoms with Crippen LogP contribution in [0.3, 0.4) is 0 Å². The van der Waals surface area contributed by atoms with E-state index in [2.05, 4.69) is 12.2 Å². The van der Waals surface area contributed by atoms with Gasteiger partial charge in [0.05, 0.1) is 11.5 Å². The molecule has 1 fully saturated rings. The van der Waals surface area contributed by atoms with Crippen molar-refractivity contribution in [2.75, 3.05) is 11.9 Å². The van der Waals surface area contributed by atoms with Crippen LogP contribution in [0.15, 0.2) is 18.2 Å². The first-order chi connectivity index (χ1) is 9.61. The van der Waals surface area contributed by atoms with Gasteiger partial charge in [0.1, 0.15) is 5.69 Å². The van der Waals surface area contributed by atoms with Crippen LogP contribution in [0, 0.1) is 16.0 Å². The Morgan fingerprint density at radius 1 is 1.50 bits per heavy atom. The standard InChI is InChI=1S/C15H22N2O3/c1-3-9-20-14-6-4-5-13(15(14)17(18)19)16-11(2)10-12-7-8-12/h4-6,11-12,16H,3,7-10H2,1-2H3. The molecule has 1 aromatic carbocycles. The second kappa shape index (κ2) is 6.59. The summed E-state index contributed by atoms with van der Waals surface area (Å²) in [6.45, 7) is 4.54. The number of para-hydroxylation sites is 1. The zero-order chi connectivity index (χ0) is 14.5. The van der Waals surface area contributed by atoms with Crippen LogP contribution in [0.5, 0.6) is 5.75 Å². The van der Waals surface area contributed by atoms with Gasteiger partial charge in [-0.1, -0.05) is 25.8 Å². The van der Waals surface area contributed by atoms with E-state index in [1.165, 1.54) is 12.8 Å². The Kier molecular flexibility index (Phi) is 4.82. The number of rotatable bonds is 8. The molecule has 20 heavy (non-hydrogen) atoms. The highest BCUT2D eigenvalue weighted by Gasteiger charge is 2.26. The molecule has 1 saturated carbocycles. The molecule has 1 atom stereocenters. The molecule has 1 aliphatic carbocycles. The summed E-state index contributed by atoms with van der Waals surface area (Å²) in [7, 11) is 0. The Labute approximate surface area is 119 Å². The topological polar surface area (TPSA) is 64.4 Å². The Hall–Kier alpha value is -1.78. The van der Waals surface area contributed by atoms with Crippen LogP contribution < -0.4 is 10.1 Å². The maximum Gasteiger partial charge on any atom is 0.333 e. The molecule has 1 N–H and O–H groups in total. The average Bonchev–Trinajstić information content (AvgIpc) is 3.19. The molecule has 2 rings (SSSR count). The molecule has 0 aromatic heterocycles. The average molecular weight is 278 g/mol. The quantitative estimate of drug-likeness (QED) is 0.577. The summed E-state index contributed by atoms with van der Waals surface area (Å²) in [5.41, 5.74) is 0.598. The molecule has 0 amide bonds. The molecular weight excluding hydrogens is 256 g/mol. The Bertz CT molecular complexity index is 472. The summed E-state index contributed by atoms with van der Waals surface area (Å²) >= 11 is 0. The monoisotopic (exact) mass is 278 g/mol. The van der Waals surface area contributed by atoms with Crippen molar-refractivity contribution in [1.82, 2.24) is 0 Å². The first-order valence-electron chi connectivity index (χ1n) is 7.28. The van der Waals surface area contributed by atoms with Crippen molar-refractivity contribution in [2.24, 2.45) is 5.92 Å². The molecule has 5 heteroatoms. The summed E-state index contributed by atoms with van der Waals surface area (Å²) in [5.74, 6) is 1.14. The summed E-state index contributed by atoms with van der Waals surface area (Å²) in [6.07, 6.45) is 4.46. The molecule has 0 aliphatic heterocycles. The first-order valence-corrected chi connectivity index (χ1v) is 7.28. The Balaban J connectivity index is 2.14. The number of nitro groups is 1. The van der Waals surface area contributed by atoms with Crippen molar-refractivity contribution in [1.29, 1.82) is 0 Å². The van der Waals surface area contributed by atoms with Gasteiger partial charge in [-0.05, 0) is 37.8 Å². The number of nitrogens with zero attached hydrogens (tertiary/aromatic N) is 1. The van der Waals surface area contributed by atoms with Gasteiger partial charge in [0.2, 0.25) is 0 Å². The minimum atomic E-state index is -0.364. The van der Waals surface area contributed by atoms with Gasteiger partial charge < -0.3 is 10.1 Å². The van der Waals surface area contributed by atoms with Crippen LogP contribution in [0.25, 0.3) is 0 Å². The van der Waals surface area contributed by atoms with Gasteiger partial charge in [-0.2, -0.15) is 0 Å². The van der Waals surface area contributed by atoms with E-state index in [9.17, 15) is 10.1 Å². The Morgan fingerprint density at radius 2 is 2.25 bits per heavy atom. The van der Waals surface area contributed by atoms with Crippen LogP contribution >= 0.6 is 0 Å². The SMILES string of the molecule is CCCOc1cccc(NC(C)CC2CC2)c1[N+](=O)[O-]. The lowest BCUT2D eigenvalue weighted by molar-refractivity contribution is -0.385. The third-order valence-electron chi connectivity index (χ3n) is 3.43. The van der Waals surface area contributed by atoms with Crippen LogP contribution in [-0.2, 0) is 0 Å². The normalized spacial score (nSPS) is 15.7. The number of nitrogens with one attached hydrogen (secondary N) is 1. The van der Waals surface area contributed by atoms with E-state index in [4.69, 9.17) is 4.74 Å². The van der Waals surface area contributed by atoms with Gasteiger partial charge in [-0.25, -0.2) is 0 Å². The van der Waals surface area contributed by atoms with Gasteiger partial charge in [0.25, 0.3) is 0 Å². The van der Waals surface area contributed by atoms with Crippen molar-refractivity contribution in [3.63, 3.8) is 0 Å². The van der Waals surface area contributed by atoms with E-state index in [0.29, 0.717) is 18.0 Å². The van der Waals surface area contributed by atoms with Crippen molar-refractivity contribution < 1.29 is 9.66 Å². The number of ether oxygens (including phenoxy) is 1. The van der Waals surface area contributed by atoms with E-state index in [0.717, 1.165) is 18.8 Å². The largest absolute Gasteiger partial charge is 0.487 e. The summed E-state index contributed by atoms with van der Waals surface area (Å²) in [6, 6.07) is 5.44. The number of nitro benzene ring substituents is 1. The molecule has 0 heterocycles. The zero-order valence-electron chi connectivity index (χ0n) is 12.1. The van der Waals surface area contributed by atoms with Crippen LogP contribution in [0.2, 0.25) is 0 Å². The predicted molar refractivity (Wildman–Crippen MR) is 79.3 cm³/mol. The third-order valence-corrected chi connectivity index (χ3v) is 3.43. The number of benzene rings is 1. The lowest BCUT2D eigenvalue weighted by atomic mass is 10.1. The fourth-order valence-electron chi connectivity index (χ4n) is 2.33. The smallest absolute Gasteiger partial charge is 0.333 e. The van der Waals surface area contributed by atoms with Gasteiger partial charge in [0.15, 0.2) is 5.75 Å². The molecule has 1 unspecified atom stereocenters. The fourth-order valence-corrected chi connectivity index (χ4v) is 2.33. The molecule has 110 valence electrons. The molecule has 1 aliphatic rings. The second-order valence-corrected chi connectivity index (χ2v) is 5.48. The van der Waals surface area contributed by atoms with Gasteiger partial charge in [-0.3, -0.25) is 10.1 Å². The maximum absolute atomic E-state index is 11.3. The number of hydrogen-bond donors (Lipinski definition) is 1. The maximum atomic E-state index is 11.3. The van der Waals surface area contributed by atoms with E-state index in [-0.39, 0.29) is 16.7 Å².